The predicted octanol–water partition coefficient (Wildman–Crippen LogP) is 3.03. The lowest BCUT2D eigenvalue weighted by atomic mass is 10.2. The second-order valence-corrected chi connectivity index (χ2v) is 7.15. The molecule has 4 aromatic rings. The van der Waals surface area contributed by atoms with E-state index in [1.807, 2.05) is 23.7 Å². The summed E-state index contributed by atoms with van der Waals surface area (Å²) in [7, 11) is 0. The minimum absolute atomic E-state index is 0.297. The van der Waals surface area contributed by atoms with Crippen molar-refractivity contribution in [1.29, 1.82) is 0 Å². The van der Waals surface area contributed by atoms with Gasteiger partial charge in [-0.3, -0.25) is 4.68 Å². The molecule has 1 aliphatic carbocycles. The maximum Gasteiger partial charge on any atom is 0.177 e. The van der Waals surface area contributed by atoms with Crippen molar-refractivity contribution in [3.8, 4) is 11.4 Å². The van der Waals surface area contributed by atoms with Gasteiger partial charge in [-0.2, -0.15) is 14.7 Å². The van der Waals surface area contributed by atoms with Crippen LogP contribution in [0.1, 0.15) is 42.5 Å². The van der Waals surface area contributed by atoms with Gasteiger partial charge in [0.25, 0.3) is 0 Å². The molecule has 4 heterocycles. The molecule has 0 amide bonds. The van der Waals surface area contributed by atoms with Crippen molar-refractivity contribution in [2.24, 2.45) is 0 Å². The molecule has 1 aliphatic rings. The van der Waals surface area contributed by atoms with Gasteiger partial charge in [0.15, 0.2) is 11.5 Å². The fraction of sp³-hybridized carbons (Fsp3) is 0.333. The van der Waals surface area contributed by atoms with Crippen LogP contribution in [0.25, 0.3) is 17.0 Å². The summed E-state index contributed by atoms with van der Waals surface area (Å²) < 4.78 is 3.74. The van der Waals surface area contributed by atoms with Crippen molar-refractivity contribution < 1.29 is 0 Å². The molecule has 1 fully saturated rings. The molecule has 0 N–H and O–H groups in total. The van der Waals surface area contributed by atoms with Gasteiger partial charge in [-0.1, -0.05) is 11.6 Å². The topological polar surface area (TPSA) is 86.7 Å². The molecule has 2 atom stereocenters. The number of halogens is 1. The highest BCUT2D eigenvalue weighted by molar-refractivity contribution is 6.30. The van der Waals surface area contributed by atoms with Crippen LogP contribution in [0, 0.1) is 6.92 Å². The molecule has 9 heteroatoms. The lowest BCUT2D eigenvalue weighted by Crippen LogP contribution is -2.03. The quantitative estimate of drug-likeness (QED) is 0.540. The molecule has 136 valence electrons. The SMILES string of the molecule is CCn1nc(C2CC2c2ncc(Cl)cn2)cc1-c1ccc2nnc(C)n2n1. The Balaban J connectivity index is 1.48. The number of hydrogen-bond donors (Lipinski definition) is 0. The average Bonchev–Trinajstić information content (AvgIpc) is 3.23. The van der Waals surface area contributed by atoms with E-state index in [1.165, 1.54) is 0 Å². The molecule has 27 heavy (non-hydrogen) atoms. The Morgan fingerprint density at radius 2 is 1.93 bits per heavy atom. The normalized spacial score (nSPS) is 18.9. The third-order valence-corrected chi connectivity index (χ3v) is 5.12. The Morgan fingerprint density at radius 3 is 2.70 bits per heavy atom. The number of aromatic nitrogens is 8. The molecular weight excluding hydrogens is 364 g/mol. The summed E-state index contributed by atoms with van der Waals surface area (Å²) in [6.07, 6.45) is 4.30. The number of aryl methyl sites for hydroxylation is 2. The summed E-state index contributed by atoms with van der Waals surface area (Å²) in [4.78, 5) is 8.71. The van der Waals surface area contributed by atoms with Crippen LogP contribution in [-0.2, 0) is 6.54 Å². The molecule has 0 bridgehead atoms. The number of rotatable bonds is 4. The number of hydrogen-bond acceptors (Lipinski definition) is 6. The van der Waals surface area contributed by atoms with Crippen molar-refractivity contribution in [3.05, 3.63) is 53.0 Å². The molecule has 5 rings (SSSR count). The second kappa shape index (κ2) is 6.09. The van der Waals surface area contributed by atoms with Crippen molar-refractivity contribution in [2.45, 2.75) is 38.6 Å². The molecule has 1 saturated carbocycles. The van der Waals surface area contributed by atoms with Crippen LogP contribution in [-0.4, -0.2) is 39.6 Å². The standard InChI is InChI=1S/C18H17ClN8/c1-3-26-16(14-4-5-17-23-22-10(2)27(17)25-14)7-15(24-26)12-6-13(12)18-20-8-11(19)9-21-18/h4-5,7-9,12-13H,3,6H2,1-2H3. The van der Waals surface area contributed by atoms with Crippen molar-refractivity contribution in [1.82, 2.24) is 39.6 Å². The Morgan fingerprint density at radius 1 is 1.11 bits per heavy atom. The van der Waals surface area contributed by atoms with Crippen molar-refractivity contribution >= 4 is 17.2 Å². The van der Waals surface area contributed by atoms with Crippen LogP contribution < -0.4 is 0 Å². The number of fused-ring (bicyclic) bond motifs is 1. The summed E-state index contributed by atoms with van der Waals surface area (Å²) in [5.74, 6) is 2.22. The lowest BCUT2D eigenvalue weighted by molar-refractivity contribution is 0.649. The van der Waals surface area contributed by atoms with Gasteiger partial charge < -0.3 is 0 Å². The van der Waals surface area contributed by atoms with E-state index in [9.17, 15) is 0 Å². The molecular formula is C18H17ClN8. The van der Waals surface area contributed by atoms with E-state index in [0.29, 0.717) is 16.9 Å². The van der Waals surface area contributed by atoms with Gasteiger partial charge in [-0.15, -0.1) is 10.2 Å². The smallest absolute Gasteiger partial charge is 0.177 e. The average molecular weight is 381 g/mol. The maximum absolute atomic E-state index is 5.89. The highest BCUT2D eigenvalue weighted by Crippen LogP contribution is 2.53. The minimum atomic E-state index is 0.297. The number of nitrogens with zero attached hydrogens (tertiary/aromatic N) is 8. The van der Waals surface area contributed by atoms with Crippen LogP contribution >= 0.6 is 11.6 Å². The van der Waals surface area contributed by atoms with E-state index >= 15 is 0 Å². The first-order valence-corrected chi connectivity index (χ1v) is 9.26. The van der Waals surface area contributed by atoms with Crippen LogP contribution in [0.5, 0.6) is 0 Å². The first-order valence-electron chi connectivity index (χ1n) is 8.88. The van der Waals surface area contributed by atoms with Gasteiger partial charge in [-0.05, 0) is 38.5 Å². The summed E-state index contributed by atoms with van der Waals surface area (Å²) in [5.41, 5.74) is 3.63. The lowest BCUT2D eigenvalue weighted by Gasteiger charge is -2.04. The first kappa shape index (κ1) is 16.3. The monoisotopic (exact) mass is 380 g/mol. The van der Waals surface area contributed by atoms with Gasteiger partial charge >= 0.3 is 0 Å². The van der Waals surface area contributed by atoms with E-state index < -0.39 is 0 Å². The highest BCUT2D eigenvalue weighted by atomic mass is 35.5. The molecule has 0 spiro atoms. The zero-order chi connectivity index (χ0) is 18.5. The first-order chi connectivity index (χ1) is 13.1. The zero-order valence-corrected chi connectivity index (χ0v) is 15.7. The maximum atomic E-state index is 5.89. The van der Waals surface area contributed by atoms with Gasteiger partial charge in [0.2, 0.25) is 0 Å². The molecule has 0 aromatic carbocycles. The van der Waals surface area contributed by atoms with E-state index in [-0.39, 0.29) is 0 Å². The molecule has 0 radical (unpaired) electrons. The highest BCUT2D eigenvalue weighted by Gasteiger charge is 2.43. The second-order valence-electron chi connectivity index (χ2n) is 6.71. The summed E-state index contributed by atoms with van der Waals surface area (Å²) >= 11 is 5.89. The van der Waals surface area contributed by atoms with Gasteiger partial charge in [0.05, 0.1) is 16.4 Å². The molecule has 4 aromatic heterocycles. The van der Waals surface area contributed by atoms with E-state index in [1.54, 1.807) is 16.9 Å². The van der Waals surface area contributed by atoms with E-state index in [2.05, 4.69) is 38.3 Å². The van der Waals surface area contributed by atoms with Crippen molar-refractivity contribution in [2.75, 3.05) is 0 Å². The summed E-state index contributed by atoms with van der Waals surface area (Å²) in [6, 6.07) is 6.01. The minimum Gasteiger partial charge on any atom is -0.263 e. The van der Waals surface area contributed by atoms with Crippen LogP contribution in [0.2, 0.25) is 5.02 Å². The van der Waals surface area contributed by atoms with Gasteiger partial charge in [0, 0.05) is 30.8 Å². The molecule has 0 saturated heterocycles. The largest absolute Gasteiger partial charge is 0.263 e. The van der Waals surface area contributed by atoms with Crippen molar-refractivity contribution in [3.63, 3.8) is 0 Å². The Kier molecular flexibility index (Phi) is 3.68. The Bertz CT molecular complexity index is 1130. The van der Waals surface area contributed by atoms with Crippen LogP contribution in [0.15, 0.2) is 30.6 Å². The fourth-order valence-electron chi connectivity index (χ4n) is 3.42. The zero-order valence-electron chi connectivity index (χ0n) is 14.9. The molecule has 8 nitrogen and oxygen atoms in total. The van der Waals surface area contributed by atoms with E-state index in [4.69, 9.17) is 16.7 Å². The third kappa shape index (κ3) is 2.76. The van der Waals surface area contributed by atoms with Gasteiger partial charge in [-0.25, -0.2) is 9.97 Å². The van der Waals surface area contributed by atoms with E-state index in [0.717, 1.165) is 47.3 Å². The van der Waals surface area contributed by atoms with Crippen LogP contribution in [0.3, 0.4) is 0 Å². The summed E-state index contributed by atoms with van der Waals surface area (Å²) in [5, 5.41) is 18.2. The molecule has 2 unspecified atom stereocenters. The predicted molar refractivity (Wildman–Crippen MR) is 99.6 cm³/mol. The summed E-state index contributed by atoms with van der Waals surface area (Å²) in [6.45, 7) is 4.74. The Labute approximate surface area is 160 Å². The van der Waals surface area contributed by atoms with Gasteiger partial charge in [0.1, 0.15) is 11.5 Å². The molecule has 0 aliphatic heterocycles. The van der Waals surface area contributed by atoms with Crippen LogP contribution in [0.4, 0.5) is 0 Å². The fourth-order valence-corrected chi connectivity index (χ4v) is 3.52. The third-order valence-electron chi connectivity index (χ3n) is 4.92. The Hall–Kier alpha value is -2.87.